The molecular formula is C17H24N2O3. The van der Waals surface area contributed by atoms with Crippen molar-refractivity contribution in [2.24, 2.45) is 11.8 Å². The zero-order chi connectivity index (χ0) is 16.1. The lowest BCUT2D eigenvalue weighted by Gasteiger charge is -2.15. The van der Waals surface area contributed by atoms with Crippen molar-refractivity contribution in [2.45, 2.75) is 39.7 Å². The lowest BCUT2D eigenvalue weighted by molar-refractivity contribution is -0.127. The average Bonchev–Trinajstić information content (AvgIpc) is 3.29. The van der Waals surface area contributed by atoms with Crippen molar-refractivity contribution < 1.29 is 14.3 Å². The van der Waals surface area contributed by atoms with Crippen LogP contribution >= 0.6 is 0 Å². The van der Waals surface area contributed by atoms with Gasteiger partial charge in [0.05, 0.1) is 0 Å². The van der Waals surface area contributed by atoms with E-state index in [1.807, 2.05) is 19.9 Å². The fourth-order valence-electron chi connectivity index (χ4n) is 1.92. The lowest BCUT2D eigenvalue weighted by Crippen LogP contribution is -2.29. The summed E-state index contributed by atoms with van der Waals surface area (Å²) in [6.45, 7) is 6.36. The van der Waals surface area contributed by atoms with E-state index in [4.69, 9.17) is 4.74 Å². The molecule has 1 aliphatic carbocycles. The van der Waals surface area contributed by atoms with E-state index in [9.17, 15) is 9.59 Å². The fraction of sp³-hybridized carbons (Fsp3) is 0.529. The maximum atomic E-state index is 12.1. The van der Waals surface area contributed by atoms with Gasteiger partial charge in [0.25, 0.3) is 5.91 Å². The Kier molecular flexibility index (Phi) is 5.55. The highest BCUT2D eigenvalue weighted by Crippen LogP contribution is 2.30. The Morgan fingerprint density at radius 2 is 1.82 bits per heavy atom. The van der Waals surface area contributed by atoms with Crippen molar-refractivity contribution in [1.29, 1.82) is 0 Å². The molecule has 2 amide bonds. The summed E-state index contributed by atoms with van der Waals surface area (Å²) in [5.41, 5.74) is 1.35. The molecule has 1 aromatic rings. The first-order chi connectivity index (χ1) is 10.5. The molecule has 2 N–H and O–H groups in total. The molecule has 0 saturated heterocycles. The molecule has 2 rings (SSSR count). The highest BCUT2D eigenvalue weighted by Gasteiger charge is 2.29. The van der Waals surface area contributed by atoms with Gasteiger partial charge in [-0.1, -0.05) is 19.9 Å². The molecule has 0 spiro atoms. The van der Waals surface area contributed by atoms with Crippen LogP contribution in [0.5, 0.6) is 0 Å². The lowest BCUT2D eigenvalue weighted by atomic mass is 10.2. The molecule has 1 atom stereocenters. The summed E-state index contributed by atoms with van der Waals surface area (Å²) in [5, 5.41) is 5.67. The van der Waals surface area contributed by atoms with E-state index in [1.54, 1.807) is 25.1 Å². The van der Waals surface area contributed by atoms with Crippen molar-refractivity contribution in [3.05, 3.63) is 24.3 Å². The van der Waals surface area contributed by atoms with Gasteiger partial charge in [-0.05, 0) is 43.9 Å². The molecule has 0 radical (unpaired) electrons. The molecule has 5 heteroatoms. The number of anilines is 2. The molecular weight excluding hydrogens is 280 g/mol. The standard InChI is InChI=1S/C17H24N2O3/c1-11(2)10-22-12(3)16(20)18-14-5-4-6-15(9-14)19-17(21)13-7-8-13/h4-6,9,11-13H,7-8,10H2,1-3H3,(H,18,20)(H,19,21). The van der Waals surface area contributed by atoms with E-state index < -0.39 is 6.10 Å². The van der Waals surface area contributed by atoms with Crippen LogP contribution in [0.2, 0.25) is 0 Å². The van der Waals surface area contributed by atoms with Crippen LogP contribution in [0.25, 0.3) is 0 Å². The number of benzene rings is 1. The second kappa shape index (κ2) is 7.40. The predicted molar refractivity (Wildman–Crippen MR) is 86.7 cm³/mol. The maximum absolute atomic E-state index is 12.1. The molecule has 5 nitrogen and oxygen atoms in total. The van der Waals surface area contributed by atoms with E-state index >= 15 is 0 Å². The topological polar surface area (TPSA) is 67.4 Å². The van der Waals surface area contributed by atoms with E-state index in [2.05, 4.69) is 10.6 Å². The second-order valence-electron chi connectivity index (χ2n) is 6.20. The van der Waals surface area contributed by atoms with E-state index in [1.165, 1.54) is 0 Å². The first-order valence-corrected chi connectivity index (χ1v) is 7.79. The Balaban J connectivity index is 1.88. The minimum absolute atomic E-state index is 0.0529. The van der Waals surface area contributed by atoms with Gasteiger partial charge in [-0.2, -0.15) is 0 Å². The molecule has 0 aliphatic heterocycles. The fourth-order valence-corrected chi connectivity index (χ4v) is 1.92. The van der Waals surface area contributed by atoms with Gasteiger partial charge in [0, 0.05) is 23.9 Å². The van der Waals surface area contributed by atoms with Crippen LogP contribution in [0.3, 0.4) is 0 Å². The van der Waals surface area contributed by atoms with Crippen LogP contribution in [-0.2, 0) is 14.3 Å². The maximum Gasteiger partial charge on any atom is 0.253 e. The van der Waals surface area contributed by atoms with Crippen LogP contribution in [0.15, 0.2) is 24.3 Å². The summed E-state index contributed by atoms with van der Waals surface area (Å²) in [6.07, 6.45) is 1.42. The van der Waals surface area contributed by atoms with Crippen LogP contribution in [0, 0.1) is 11.8 Å². The SMILES string of the molecule is CC(C)COC(C)C(=O)Nc1cccc(NC(=O)C2CC2)c1. The largest absolute Gasteiger partial charge is 0.368 e. The number of amides is 2. The van der Waals surface area contributed by atoms with E-state index in [-0.39, 0.29) is 17.7 Å². The zero-order valence-corrected chi connectivity index (χ0v) is 13.4. The van der Waals surface area contributed by atoms with Gasteiger partial charge in [-0.25, -0.2) is 0 Å². The summed E-state index contributed by atoms with van der Waals surface area (Å²) in [4.78, 5) is 23.8. The third kappa shape index (κ3) is 5.15. The van der Waals surface area contributed by atoms with Crippen molar-refractivity contribution in [3.63, 3.8) is 0 Å². The highest BCUT2D eigenvalue weighted by molar-refractivity contribution is 5.96. The summed E-state index contributed by atoms with van der Waals surface area (Å²) >= 11 is 0. The van der Waals surface area contributed by atoms with Gasteiger partial charge >= 0.3 is 0 Å². The Morgan fingerprint density at radius 3 is 2.41 bits per heavy atom. The van der Waals surface area contributed by atoms with Crippen molar-refractivity contribution >= 4 is 23.2 Å². The average molecular weight is 304 g/mol. The van der Waals surface area contributed by atoms with Crippen molar-refractivity contribution in [2.75, 3.05) is 17.2 Å². The Hall–Kier alpha value is -1.88. The number of ether oxygens (including phenoxy) is 1. The number of nitrogens with one attached hydrogen (secondary N) is 2. The van der Waals surface area contributed by atoms with Gasteiger partial charge in [-0.3, -0.25) is 9.59 Å². The van der Waals surface area contributed by atoms with E-state index in [0.717, 1.165) is 12.8 Å². The van der Waals surface area contributed by atoms with Crippen LogP contribution < -0.4 is 10.6 Å². The normalized spacial score (nSPS) is 15.5. The summed E-state index contributed by atoms with van der Waals surface area (Å²) in [7, 11) is 0. The van der Waals surface area contributed by atoms with E-state index in [0.29, 0.717) is 23.9 Å². The number of carbonyl (C=O) groups excluding carboxylic acids is 2. The molecule has 120 valence electrons. The van der Waals surface area contributed by atoms with Crippen LogP contribution in [-0.4, -0.2) is 24.5 Å². The minimum Gasteiger partial charge on any atom is -0.368 e. The summed E-state index contributed by atoms with van der Waals surface area (Å²) in [5.74, 6) is 0.405. The monoisotopic (exact) mass is 304 g/mol. The number of rotatable bonds is 7. The Labute approximate surface area is 131 Å². The Bertz CT molecular complexity index is 538. The van der Waals surface area contributed by atoms with Gasteiger partial charge in [0.2, 0.25) is 5.91 Å². The summed E-state index contributed by atoms with van der Waals surface area (Å²) < 4.78 is 5.49. The summed E-state index contributed by atoms with van der Waals surface area (Å²) in [6, 6.07) is 7.17. The molecule has 1 aliphatic rings. The molecule has 0 aromatic heterocycles. The van der Waals surface area contributed by atoms with Crippen molar-refractivity contribution in [1.82, 2.24) is 0 Å². The quantitative estimate of drug-likeness (QED) is 0.813. The van der Waals surface area contributed by atoms with Gasteiger partial charge in [0.15, 0.2) is 0 Å². The number of hydrogen-bond acceptors (Lipinski definition) is 3. The predicted octanol–water partition coefficient (Wildman–Crippen LogP) is 3.03. The Morgan fingerprint density at radius 1 is 1.18 bits per heavy atom. The second-order valence-corrected chi connectivity index (χ2v) is 6.20. The molecule has 0 heterocycles. The van der Waals surface area contributed by atoms with Gasteiger partial charge in [-0.15, -0.1) is 0 Å². The van der Waals surface area contributed by atoms with Gasteiger partial charge < -0.3 is 15.4 Å². The van der Waals surface area contributed by atoms with Gasteiger partial charge in [0.1, 0.15) is 6.10 Å². The van der Waals surface area contributed by atoms with Crippen LogP contribution in [0.1, 0.15) is 33.6 Å². The smallest absolute Gasteiger partial charge is 0.253 e. The minimum atomic E-state index is -0.507. The van der Waals surface area contributed by atoms with Crippen molar-refractivity contribution in [3.8, 4) is 0 Å². The molecule has 1 aromatic carbocycles. The highest BCUT2D eigenvalue weighted by atomic mass is 16.5. The number of hydrogen-bond donors (Lipinski definition) is 2. The first-order valence-electron chi connectivity index (χ1n) is 7.79. The molecule has 1 saturated carbocycles. The first kappa shape index (κ1) is 16.5. The number of carbonyl (C=O) groups is 2. The molecule has 1 unspecified atom stereocenters. The zero-order valence-electron chi connectivity index (χ0n) is 13.4. The molecule has 1 fully saturated rings. The molecule has 0 bridgehead atoms. The third-order valence-corrected chi connectivity index (χ3v) is 3.39. The van der Waals surface area contributed by atoms with Crippen LogP contribution in [0.4, 0.5) is 11.4 Å². The third-order valence-electron chi connectivity index (χ3n) is 3.39. The molecule has 22 heavy (non-hydrogen) atoms.